The maximum absolute atomic E-state index is 13.1. The van der Waals surface area contributed by atoms with E-state index in [1.807, 2.05) is 42.6 Å². The molecule has 5 rings (SSSR count). The lowest BCUT2D eigenvalue weighted by Crippen LogP contribution is -2.42. The maximum Gasteiger partial charge on any atom is 0.330 e. The van der Waals surface area contributed by atoms with E-state index in [1.165, 1.54) is 0 Å². The number of fused-ring (bicyclic) bond motifs is 2. The van der Waals surface area contributed by atoms with Gasteiger partial charge in [-0.25, -0.2) is 14.3 Å². The average molecular weight is 415 g/mol. The van der Waals surface area contributed by atoms with Crippen molar-refractivity contribution in [2.45, 2.75) is 25.3 Å². The number of aryl methyl sites for hydroxylation is 1. The summed E-state index contributed by atoms with van der Waals surface area (Å²) in [6.07, 6.45) is 5.06. The van der Waals surface area contributed by atoms with E-state index < -0.39 is 0 Å². The molecule has 1 saturated heterocycles. The van der Waals surface area contributed by atoms with Crippen LogP contribution >= 0.6 is 0 Å². The molecule has 4 aromatic heterocycles. The van der Waals surface area contributed by atoms with Gasteiger partial charge in [-0.1, -0.05) is 6.07 Å². The second kappa shape index (κ2) is 7.40. The summed E-state index contributed by atoms with van der Waals surface area (Å²) in [5.41, 5.74) is 3.75. The van der Waals surface area contributed by atoms with Crippen molar-refractivity contribution in [3.8, 4) is 17.3 Å². The molecule has 9 heteroatoms. The molecule has 0 spiro atoms. The van der Waals surface area contributed by atoms with Crippen LogP contribution in [0.3, 0.4) is 0 Å². The third-order valence-corrected chi connectivity index (χ3v) is 5.98. The molecule has 1 fully saturated rings. The zero-order valence-corrected chi connectivity index (χ0v) is 17.1. The number of imidazole rings is 1. The van der Waals surface area contributed by atoms with Crippen LogP contribution in [0.25, 0.3) is 27.9 Å². The number of amides is 1. The lowest BCUT2D eigenvalue weighted by molar-refractivity contribution is -0.131. The third kappa shape index (κ3) is 3.08. The van der Waals surface area contributed by atoms with Gasteiger partial charge in [0.2, 0.25) is 5.91 Å². The molecule has 9 nitrogen and oxygen atoms in total. The van der Waals surface area contributed by atoms with Crippen LogP contribution in [-0.2, 0) is 11.8 Å². The van der Waals surface area contributed by atoms with Gasteiger partial charge in [-0.2, -0.15) is 10.4 Å². The van der Waals surface area contributed by atoms with Crippen molar-refractivity contribution in [2.75, 3.05) is 13.1 Å². The Hall–Kier alpha value is -3.93. The Labute approximate surface area is 177 Å². The average Bonchev–Trinajstić information content (AvgIpc) is 3.33. The first-order valence-corrected chi connectivity index (χ1v) is 10.2. The van der Waals surface area contributed by atoms with Crippen LogP contribution in [0.2, 0.25) is 0 Å². The smallest absolute Gasteiger partial charge is 0.330 e. The number of aromatic nitrogens is 5. The topological polar surface area (TPSA) is 101 Å². The normalized spacial score (nSPS) is 16.6. The molecule has 31 heavy (non-hydrogen) atoms. The predicted octanol–water partition coefficient (Wildman–Crippen LogP) is 2.13. The quantitative estimate of drug-likeness (QED) is 0.510. The van der Waals surface area contributed by atoms with Crippen LogP contribution in [-0.4, -0.2) is 47.6 Å². The Morgan fingerprint density at radius 2 is 2.13 bits per heavy atom. The summed E-state index contributed by atoms with van der Waals surface area (Å²) in [5, 5.41) is 13.3. The summed E-state index contributed by atoms with van der Waals surface area (Å²) < 4.78 is 5.09. The van der Waals surface area contributed by atoms with Crippen molar-refractivity contribution in [1.82, 2.24) is 28.6 Å². The highest BCUT2D eigenvalue weighted by Gasteiger charge is 2.28. The summed E-state index contributed by atoms with van der Waals surface area (Å²) in [7, 11) is 1.74. The van der Waals surface area contributed by atoms with E-state index in [2.05, 4.69) is 5.10 Å². The number of carbonyl (C=O) groups excluding carboxylic acids is 1. The summed E-state index contributed by atoms with van der Waals surface area (Å²) in [6, 6.07) is 11.4. The van der Waals surface area contributed by atoms with Crippen LogP contribution in [0, 0.1) is 11.3 Å². The first-order chi connectivity index (χ1) is 15.1. The van der Waals surface area contributed by atoms with E-state index in [0.717, 1.165) is 35.1 Å². The maximum atomic E-state index is 13.1. The minimum absolute atomic E-state index is 0.145. The minimum atomic E-state index is -0.194. The van der Waals surface area contributed by atoms with Gasteiger partial charge in [0, 0.05) is 31.9 Å². The van der Waals surface area contributed by atoms with E-state index >= 15 is 0 Å². The monoisotopic (exact) mass is 415 g/mol. The van der Waals surface area contributed by atoms with Gasteiger partial charge < -0.3 is 4.90 Å². The van der Waals surface area contributed by atoms with E-state index in [4.69, 9.17) is 10.2 Å². The van der Waals surface area contributed by atoms with Crippen LogP contribution in [0.4, 0.5) is 0 Å². The molecular formula is C22H21N7O2. The summed E-state index contributed by atoms with van der Waals surface area (Å²) in [5.74, 6) is -0.194. The number of pyridine rings is 2. The lowest BCUT2D eigenvalue weighted by Gasteiger charge is -2.32. The molecule has 5 heterocycles. The van der Waals surface area contributed by atoms with Crippen molar-refractivity contribution in [1.29, 1.82) is 5.26 Å². The fourth-order valence-electron chi connectivity index (χ4n) is 4.42. The molecule has 0 unspecified atom stereocenters. The van der Waals surface area contributed by atoms with Crippen molar-refractivity contribution >= 4 is 22.6 Å². The number of hydrogen-bond donors (Lipinski definition) is 0. The highest BCUT2D eigenvalue weighted by atomic mass is 16.2. The van der Waals surface area contributed by atoms with Crippen LogP contribution in [0.15, 0.2) is 47.5 Å². The number of rotatable bonds is 3. The lowest BCUT2D eigenvalue weighted by atomic mass is 10.1. The van der Waals surface area contributed by atoms with Gasteiger partial charge >= 0.3 is 5.69 Å². The zero-order valence-electron chi connectivity index (χ0n) is 17.1. The molecule has 1 amide bonds. The molecule has 0 bridgehead atoms. The fraction of sp³-hybridized carbons (Fsp3) is 0.318. The fourth-order valence-corrected chi connectivity index (χ4v) is 4.42. The van der Waals surface area contributed by atoms with E-state index in [9.17, 15) is 9.59 Å². The molecule has 0 aliphatic carbocycles. The molecule has 0 saturated carbocycles. The number of hydrogen-bond acceptors (Lipinski definition) is 5. The molecule has 0 aromatic carbocycles. The first kappa shape index (κ1) is 19.1. The standard InChI is InChI=1S/C22H21N7O2/c1-26-19-8-7-17(16-13-24-28-12-3-2-6-18(16)28)25-21(19)29(22(26)31)15-5-4-11-27(14-15)20(30)9-10-23/h2-3,6-8,12-13,15H,4-5,9,11,14H2,1H3/t15-/m0/s1. The van der Waals surface area contributed by atoms with E-state index in [1.54, 1.807) is 31.8 Å². The second-order valence-electron chi connectivity index (χ2n) is 7.81. The zero-order chi connectivity index (χ0) is 21.5. The summed E-state index contributed by atoms with van der Waals surface area (Å²) in [6.45, 7) is 1.01. The predicted molar refractivity (Wildman–Crippen MR) is 114 cm³/mol. The Bertz CT molecular complexity index is 1410. The van der Waals surface area contributed by atoms with Crippen LogP contribution in [0.5, 0.6) is 0 Å². The van der Waals surface area contributed by atoms with Gasteiger partial charge in [-0.15, -0.1) is 0 Å². The third-order valence-electron chi connectivity index (χ3n) is 5.98. The Kier molecular flexibility index (Phi) is 4.55. The van der Waals surface area contributed by atoms with E-state index in [-0.39, 0.29) is 24.1 Å². The van der Waals surface area contributed by atoms with Gasteiger partial charge in [0.25, 0.3) is 0 Å². The number of nitrogens with zero attached hydrogens (tertiary/aromatic N) is 7. The molecule has 1 aliphatic heterocycles. The summed E-state index contributed by atoms with van der Waals surface area (Å²) in [4.78, 5) is 31.9. The molecule has 4 aromatic rings. The van der Waals surface area contributed by atoms with Crippen molar-refractivity contribution in [3.63, 3.8) is 0 Å². The van der Waals surface area contributed by atoms with Gasteiger partial charge in [-0.05, 0) is 37.1 Å². The van der Waals surface area contributed by atoms with Gasteiger partial charge in [0.15, 0.2) is 5.65 Å². The Balaban J connectivity index is 1.61. The second-order valence-corrected chi connectivity index (χ2v) is 7.81. The molecule has 1 aliphatic rings. The Morgan fingerprint density at radius 3 is 2.97 bits per heavy atom. The van der Waals surface area contributed by atoms with Crippen molar-refractivity contribution in [3.05, 3.63) is 53.2 Å². The largest absolute Gasteiger partial charge is 0.340 e. The number of carbonyl (C=O) groups is 1. The van der Waals surface area contributed by atoms with Gasteiger partial charge in [0.1, 0.15) is 6.42 Å². The highest BCUT2D eigenvalue weighted by molar-refractivity contribution is 5.82. The number of piperidine rings is 1. The molecule has 156 valence electrons. The van der Waals surface area contributed by atoms with Crippen molar-refractivity contribution < 1.29 is 4.79 Å². The highest BCUT2D eigenvalue weighted by Crippen LogP contribution is 2.28. The van der Waals surface area contributed by atoms with Crippen molar-refractivity contribution in [2.24, 2.45) is 7.05 Å². The van der Waals surface area contributed by atoms with Crippen LogP contribution < -0.4 is 5.69 Å². The summed E-state index contributed by atoms with van der Waals surface area (Å²) >= 11 is 0. The molecule has 1 atom stereocenters. The SMILES string of the molecule is Cn1c(=O)n([C@H]2CCCN(C(=O)CC#N)C2)c2nc(-c3cnn4ccccc34)ccc21. The Morgan fingerprint density at radius 1 is 1.26 bits per heavy atom. The van der Waals surface area contributed by atoms with Gasteiger partial charge in [-0.3, -0.25) is 13.9 Å². The molecular weight excluding hydrogens is 394 g/mol. The number of nitriles is 1. The van der Waals surface area contributed by atoms with E-state index in [0.29, 0.717) is 18.7 Å². The number of likely N-dealkylation sites (tertiary alicyclic amines) is 1. The molecule has 0 N–H and O–H groups in total. The van der Waals surface area contributed by atoms with Gasteiger partial charge in [0.05, 0.1) is 35.0 Å². The first-order valence-electron chi connectivity index (χ1n) is 10.2. The minimum Gasteiger partial charge on any atom is -0.340 e. The molecule has 0 radical (unpaired) electrons. The van der Waals surface area contributed by atoms with Crippen LogP contribution in [0.1, 0.15) is 25.3 Å².